The van der Waals surface area contributed by atoms with Crippen molar-refractivity contribution in [3.63, 3.8) is 0 Å². The topological polar surface area (TPSA) is 127 Å². The van der Waals surface area contributed by atoms with E-state index in [1.165, 1.54) is 36.8 Å². The van der Waals surface area contributed by atoms with E-state index in [1.807, 2.05) is 0 Å². The highest BCUT2D eigenvalue weighted by atomic mass is 32.2. The Labute approximate surface area is 125 Å². The molecule has 0 saturated carbocycles. The smallest absolute Gasteiger partial charge is 0.298 e. The molecular formula is C11H12N4O4S2. The Bertz CT molecular complexity index is 770. The van der Waals surface area contributed by atoms with Crippen LogP contribution in [0.4, 0.5) is 10.9 Å². The van der Waals surface area contributed by atoms with Crippen LogP contribution in [0.5, 0.6) is 5.75 Å². The maximum Gasteiger partial charge on any atom is 0.298 e. The number of hydrogen-bond acceptors (Lipinski definition) is 8. The highest BCUT2D eigenvalue weighted by molar-refractivity contribution is 7.86. The Morgan fingerprint density at radius 3 is 2.86 bits per heavy atom. The van der Waals surface area contributed by atoms with Crippen molar-refractivity contribution in [2.75, 3.05) is 18.3 Å². The van der Waals surface area contributed by atoms with Gasteiger partial charge in [-0.1, -0.05) is 0 Å². The van der Waals surface area contributed by atoms with Crippen LogP contribution >= 0.6 is 11.3 Å². The van der Waals surface area contributed by atoms with E-state index in [4.69, 9.17) is 15.0 Å². The zero-order valence-electron chi connectivity index (χ0n) is 10.8. The number of hydrogen-bond donors (Lipinski definition) is 3. The number of rotatable bonds is 5. The molecule has 2 rings (SSSR count). The molecule has 0 radical (unpaired) electrons. The molecule has 0 amide bonds. The zero-order valence-corrected chi connectivity index (χ0v) is 12.5. The summed E-state index contributed by atoms with van der Waals surface area (Å²) in [5, 5.41) is 6.07. The van der Waals surface area contributed by atoms with Gasteiger partial charge in [-0.15, -0.1) is 11.3 Å². The van der Waals surface area contributed by atoms with E-state index in [0.29, 0.717) is 16.5 Å². The summed E-state index contributed by atoms with van der Waals surface area (Å²) in [6.07, 6.45) is 1.38. The van der Waals surface area contributed by atoms with E-state index >= 15 is 0 Å². The monoisotopic (exact) mass is 328 g/mol. The van der Waals surface area contributed by atoms with Crippen LogP contribution in [-0.4, -0.2) is 31.3 Å². The molecule has 0 spiro atoms. The van der Waals surface area contributed by atoms with E-state index in [9.17, 15) is 8.42 Å². The molecule has 0 aliphatic heterocycles. The number of thiazole rings is 1. The minimum absolute atomic E-state index is 0.0512. The summed E-state index contributed by atoms with van der Waals surface area (Å²) < 4.78 is 36.5. The van der Waals surface area contributed by atoms with Gasteiger partial charge in [-0.2, -0.15) is 13.5 Å². The second kappa shape index (κ2) is 6.08. The van der Waals surface area contributed by atoms with Gasteiger partial charge in [0.2, 0.25) is 5.13 Å². The van der Waals surface area contributed by atoms with E-state index < -0.39 is 10.1 Å². The molecule has 1 aromatic carbocycles. The molecule has 8 nitrogen and oxygen atoms in total. The van der Waals surface area contributed by atoms with Crippen molar-refractivity contribution in [2.45, 2.75) is 4.90 Å². The zero-order chi connectivity index (χ0) is 15.5. The summed E-state index contributed by atoms with van der Waals surface area (Å²) in [7, 11) is -3.06. The van der Waals surface area contributed by atoms with Crippen molar-refractivity contribution in [1.29, 1.82) is 0 Å². The maximum absolute atomic E-state index is 11.3. The van der Waals surface area contributed by atoms with Gasteiger partial charge in [0.25, 0.3) is 10.1 Å². The van der Waals surface area contributed by atoms with Gasteiger partial charge in [0.1, 0.15) is 16.5 Å². The Morgan fingerprint density at radius 1 is 1.52 bits per heavy atom. The fourth-order valence-corrected chi connectivity index (χ4v) is 2.71. The maximum atomic E-state index is 11.3. The summed E-state index contributed by atoms with van der Waals surface area (Å²) in [6, 6.07) is 4.26. The van der Waals surface area contributed by atoms with Crippen LogP contribution in [0.3, 0.4) is 0 Å². The normalized spacial score (nSPS) is 11.7. The SMILES string of the molecule is COc1ccc(C=NNc2nc(N)cs2)cc1S(=O)(=O)O. The largest absolute Gasteiger partial charge is 0.495 e. The number of benzene rings is 1. The number of nitrogen functional groups attached to an aromatic ring is 1. The fraction of sp³-hybridized carbons (Fsp3) is 0.0909. The van der Waals surface area contributed by atoms with Gasteiger partial charge in [0, 0.05) is 5.38 Å². The molecule has 0 fully saturated rings. The summed E-state index contributed by atoms with van der Waals surface area (Å²) in [6.45, 7) is 0. The van der Waals surface area contributed by atoms with Crippen molar-refractivity contribution >= 4 is 38.6 Å². The molecule has 1 heterocycles. The molecule has 1 aromatic heterocycles. The van der Waals surface area contributed by atoms with Crippen LogP contribution in [0.15, 0.2) is 33.6 Å². The first-order valence-electron chi connectivity index (χ1n) is 5.56. The molecule has 0 aliphatic carbocycles. The van der Waals surface area contributed by atoms with E-state index in [2.05, 4.69) is 15.5 Å². The first-order chi connectivity index (χ1) is 9.90. The molecular weight excluding hydrogens is 316 g/mol. The second-order valence-corrected chi connectivity index (χ2v) is 6.08. The van der Waals surface area contributed by atoms with Crippen molar-refractivity contribution < 1.29 is 17.7 Å². The number of methoxy groups -OCH3 is 1. The van der Waals surface area contributed by atoms with Crippen LogP contribution in [0, 0.1) is 0 Å². The van der Waals surface area contributed by atoms with E-state index in [1.54, 1.807) is 11.4 Å². The van der Waals surface area contributed by atoms with Gasteiger partial charge in [0.05, 0.1) is 13.3 Å². The number of nitrogens with two attached hydrogens (primary N) is 1. The Balaban J connectivity index is 2.21. The molecule has 112 valence electrons. The molecule has 0 atom stereocenters. The predicted octanol–water partition coefficient (Wildman–Crippen LogP) is 1.43. The van der Waals surface area contributed by atoms with E-state index in [0.717, 1.165) is 0 Å². The van der Waals surface area contributed by atoms with Crippen LogP contribution in [0.2, 0.25) is 0 Å². The summed E-state index contributed by atoms with van der Waals surface area (Å²) >= 11 is 1.28. The molecule has 0 aliphatic rings. The average molecular weight is 328 g/mol. The highest BCUT2D eigenvalue weighted by Crippen LogP contribution is 2.24. The number of ether oxygens (including phenoxy) is 1. The second-order valence-electron chi connectivity index (χ2n) is 3.83. The standard InChI is InChI=1S/C11H12N4O4S2/c1-19-8-3-2-7(4-9(8)21(16,17)18)5-13-15-11-14-10(12)6-20-11/h2-6H,12H2,1H3,(H,14,15)(H,16,17,18). The molecule has 4 N–H and O–H groups in total. The number of nitrogens with one attached hydrogen (secondary N) is 1. The first-order valence-corrected chi connectivity index (χ1v) is 7.88. The summed E-state index contributed by atoms with van der Waals surface area (Å²) in [5.41, 5.74) is 8.57. The van der Waals surface area contributed by atoms with Crippen LogP contribution < -0.4 is 15.9 Å². The molecule has 2 aromatic rings. The molecule has 0 saturated heterocycles. The number of nitrogens with zero attached hydrogens (tertiary/aromatic N) is 2. The molecule has 0 unspecified atom stereocenters. The van der Waals surface area contributed by atoms with Crippen LogP contribution in [0.25, 0.3) is 0 Å². The quantitative estimate of drug-likeness (QED) is 0.430. The lowest BCUT2D eigenvalue weighted by Crippen LogP contribution is -2.02. The lowest BCUT2D eigenvalue weighted by molar-refractivity contribution is 0.397. The van der Waals surface area contributed by atoms with Crippen LogP contribution in [-0.2, 0) is 10.1 Å². The van der Waals surface area contributed by atoms with Gasteiger partial charge in [-0.25, -0.2) is 4.98 Å². The predicted molar refractivity (Wildman–Crippen MR) is 80.6 cm³/mol. The first kappa shape index (κ1) is 15.2. The third-order valence-electron chi connectivity index (χ3n) is 2.36. The van der Waals surface area contributed by atoms with E-state index in [-0.39, 0.29) is 10.6 Å². The van der Waals surface area contributed by atoms with Gasteiger partial charge in [-0.3, -0.25) is 9.98 Å². The minimum atomic E-state index is -4.38. The van der Waals surface area contributed by atoms with Crippen molar-refractivity contribution in [2.24, 2.45) is 5.10 Å². The van der Waals surface area contributed by atoms with Crippen molar-refractivity contribution in [3.05, 3.63) is 29.1 Å². The molecule has 21 heavy (non-hydrogen) atoms. The third-order valence-corrected chi connectivity index (χ3v) is 4.00. The third kappa shape index (κ3) is 3.90. The Kier molecular flexibility index (Phi) is 4.40. The van der Waals surface area contributed by atoms with Crippen molar-refractivity contribution in [3.8, 4) is 5.75 Å². The summed E-state index contributed by atoms with van der Waals surface area (Å²) in [4.78, 5) is 3.62. The number of hydrazone groups is 1. The highest BCUT2D eigenvalue weighted by Gasteiger charge is 2.16. The lowest BCUT2D eigenvalue weighted by Gasteiger charge is -2.06. The van der Waals surface area contributed by atoms with Crippen molar-refractivity contribution in [1.82, 2.24) is 4.98 Å². The molecule has 0 bridgehead atoms. The van der Waals surface area contributed by atoms with Crippen LogP contribution in [0.1, 0.15) is 5.56 Å². The van der Waals surface area contributed by atoms with Gasteiger partial charge < -0.3 is 10.5 Å². The van der Waals surface area contributed by atoms with Gasteiger partial charge >= 0.3 is 0 Å². The minimum Gasteiger partial charge on any atom is -0.495 e. The fourth-order valence-electron chi connectivity index (χ4n) is 1.47. The average Bonchev–Trinajstić information content (AvgIpc) is 2.83. The summed E-state index contributed by atoms with van der Waals surface area (Å²) in [5.74, 6) is 0.436. The number of anilines is 2. The van der Waals surface area contributed by atoms with Gasteiger partial charge in [0.15, 0.2) is 0 Å². The molecule has 10 heteroatoms. The Hall–Kier alpha value is -2.17. The lowest BCUT2D eigenvalue weighted by atomic mass is 10.2. The Morgan fingerprint density at radius 2 is 2.29 bits per heavy atom. The number of aromatic nitrogens is 1. The van der Waals surface area contributed by atoms with Gasteiger partial charge in [-0.05, 0) is 23.8 Å².